The predicted octanol–water partition coefficient (Wildman–Crippen LogP) is 2.54. The molecule has 1 heterocycles. The number of benzene rings is 1. The van der Waals surface area contributed by atoms with E-state index in [2.05, 4.69) is 5.32 Å². The highest BCUT2D eigenvalue weighted by Crippen LogP contribution is 2.23. The average molecular weight is 308 g/mol. The number of hydrogen-bond acceptors (Lipinski definition) is 3. The smallest absolute Gasteiger partial charge is 0.321 e. The number of hydrogen-bond donors (Lipinski definition) is 2. The number of amides is 2. The molecule has 21 heavy (non-hydrogen) atoms. The first-order chi connectivity index (χ1) is 9.99. The third-order valence-electron chi connectivity index (χ3n) is 3.38. The van der Waals surface area contributed by atoms with Crippen LogP contribution in [0.5, 0.6) is 0 Å². The molecule has 2 amide bonds. The Morgan fingerprint density at radius 3 is 2.95 bits per heavy atom. The number of carbonyl (C=O) groups is 2. The Morgan fingerprint density at radius 1 is 1.52 bits per heavy atom. The molecule has 1 aliphatic rings. The van der Waals surface area contributed by atoms with Gasteiger partial charge in [0, 0.05) is 24.5 Å². The first-order valence-electron chi connectivity index (χ1n) is 6.47. The van der Waals surface area contributed by atoms with E-state index in [4.69, 9.17) is 22.0 Å². The molecule has 0 aromatic heterocycles. The van der Waals surface area contributed by atoms with Crippen LogP contribution in [0.2, 0.25) is 5.02 Å². The highest BCUT2D eigenvalue weighted by molar-refractivity contribution is 6.31. The molecule has 110 valence electrons. The molecule has 1 unspecified atom stereocenters. The van der Waals surface area contributed by atoms with E-state index in [1.807, 2.05) is 6.07 Å². The van der Waals surface area contributed by atoms with Crippen molar-refractivity contribution in [2.24, 2.45) is 5.92 Å². The number of halogens is 1. The molecule has 1 aromatic rings. The Morgan fingerprint density at radius 2 is 2.29 bits per heavy atom. The second kappa shape index (κ2) is 6.46. The maximum atomic E-state index is 12.1. The van der Waals surface area contributed by atoms with Gasteiger partial charge >= 0.3 is 12.0 Å². The van der Waals surface area contributed by atoms with Gasteiger partial charge in [-0.15, -0.1) is 0 Å². The van der Waals surface area contributed by atoms with Crippen molar-refractivity contribution in [3.05, 3.63) is 28.8 Å². The van der Waals surface area contributed by atoms with Gasteiger partial charge in [-0.25, -0.2) is 4.79 Å². The van der Waals surface area contributed by atoms with Crippen molar-refractivity contribution in [2.45, 2.75) is 12.8 Å². The van der Waals surface area contributed by atoms with E-state index >= 15 is 0 Å². The van der Waals surface area contributed by atoms with Crippen LogP contribution in [0.25, 0.3) is 0 Å². The number of likely N-dealkylation sites (tertiary alicyclic amines) is 1. The Balaban J connectivity index is 2.01. The summed E-state index contributed by atoms with van der Waals surface area (Å²) in [4.78, 5) is 24.4. The van der Waals surface area contributed by atoms with E-state index in [0.717, 1.165) is 0 Å². The van der Waals surface area contributed by atoms with Gasteiger partial charge in [-0.2, -0.15) is 5.26 Å². The second-order valence-electron chi connectivity index (χ2n) is 4.93. The van der Waals surface area contributed by atoms with E-state index in [9.17, 15) is 9.59 Å². The third-order valence-corrected chi connectivity index (χ3v) is 3.62. The van der Waals surface area contributed by atoms with Crippen LogP contribution in [0.15, 0.2) is 18.2 Å². The van der Waals surface area contributed by atoms with E-state index < -0.39 is 5.97 Å². The first-order valence-corrected chi connectivity index (χ1v) is 6.84. The normalized spacial score (nSPS) is 17.3. The van der Waals surface area contributed by atoms with Gasteiger partial charge in [-0.05, 0) is 30.5 Å². The second-order valence-corrected chi connectivity index (χ2v) is 5.37. The molecule has 0 aliphatic carbocycles. The summed E-state index contributed by atoms with van der Waals surface area (Å²) < 4.78 is 0. The number of aliphatic carboxylic acids is 1. The maximum absolute atomic E-state index is 12.1. The largest absolute Gasteiger partial charge is 0.481 e. The van der Waals surface area contributed by atoms with Crippen molar-refractivity contribution in [3.63, 3.8) is 0 Å². The van der Waals surface area contributed by atoms with Crippen molar-refractivity contribution in [1.82, 2.24) is 4.90 Å². The number of carboxylic acid groups (broad SMARTS) is 1. The molecule has 1 aromatic carbocycles. The topological polar surface area (TPSA) is 93.4 Å². The van der Waals surface area contributed by atoms with Gasteiger partial charge in [0.15, 0.2) is 0 Å². The van der Waals surface area contributed by atoms with Crippen molar-refractivity contribution in [2.75, 3.05) is 18.4 Å². The summed E-state index contributed by atoms with van der Waals surface area (Å²) in [6.07, 6.45) is 0.727. The number of nitrogens with zero attached hydrogens (tertiary/aromatic N) is 2. The van der Waals surface area contributed by atoms with Crippen molar-refractivity contribution < 1.29 is 14.7 Å². The molecule has 1 fully saturated rings. The van der Waals surface area contributed by atoms with Crippen LogP contribution in [0.1, 0.15) is 18.4 Å². The summed E-state index contributed by atoms with van der Waals surface area (Å²) in [6, 6.07) is 6.27. The quantitative estimate of drug-likeness (QED) is 0.897. The minimum absolute atomic E-state index is 0.0250. The monoisotopic (exact) mass is 307 g/mol. The predicted molar refractivity (Wildman–Crippen MR) is 77.1 cm³/mol. The van der Waals surface area contributed by atoms with E-state index in [1.54, 1.807) is 11.0 Å². The van der Waals surface area contributed by atoms with Crippen LogP contribution in [0.3, 0.4) is 0 Å². The number of urea groups is 1. The van der Waals surface area contributed by atoms with Gasteiger partial charge in [-0.1, -0.05) is 11.6 Å². The molecule has 6 nitrogen and oxygen atoms in total. The summed E-state index contributed by atoms with van der Waals surface area (Å²) >= 11 is 5.86. The Kier molecular flexibility index (Phi) is 4.66. The number of carbonyl (C=O) groups excluding carboxylic acids is 1. The zero-order valence-corrected chi connectivity index (χ0v) is 11.9. The molecule has 0 spiro atoms. The first kappa shape index (κ1) is 15.1. The standard InChI is InChI=1S/C14H14ClN3O3/c15-11-2-1-10(7-16)12(6-11)17-14(21)18-4-3-9(8-18)5-13(19)20/h1-2,6,9H,3-5,8H2,(H,17,21)(H,19,20). The third kappa shape index (κ3) is 3.86. The zero-order chi connectivity index (χ0) is 15.4. The van der Waals surface area contributed by atoms with Crippen LogP contribution in [0.4, 0.5) is 10.5 Å². The molecule has 1 aliphatic heterocycles. The van der Waals surface area contributed by atoms with E-state index in [0.29, 0.717) is 35.8 Å². The average Bonchev–Trinajstić information content (AvgIpc) is 2.86. The lowest BCUT2D eigenvalue weighted by atomic mass is 10.1. The van der Waals surface area contributed by atoms with Crippen LogP contribution in [0, 0.1) is 17.2 Å². The van der Waals surface area contributed by atoms with Crippen LogP contribution < -0.4 is 5.32 Å². The molecular weight excluding hydrogens is 294 g/mol. The van der Waals surface area contributed by atoms with Crippen LogP contribution in [-0.4, -0.2) is 35.1 Å². The number of nitrogens with one attached hydrogen (secondary N) is 1. The fourth-order valence-corrected chi connectivity index (χ4v) is 2.51. The lowest BCUT2D eigenvalue weighted by molar-refractivity contribution is -0.138. The molecule has 1 atom stereocenters. The van der Waals surface area contributed by atoms with Gasteiger partial charge in [0.1, 0.15) is 6.07 Å². The minimum atomic E-state index is -0.858. The van der Waals surface area contributed by atoms with Crippen molar-refractivity contribution >= 4 is 29.3 Å². The fraction of sp³-hybridized carbons (Fsp3) is 0.357. The number of rotatable bonds is 3. The molecular formula is C14H14ClN3O3. The Hall–Kier alpha value is -2.26. The molecule has 0 bridgehead atoms. The molecule has 2 rings (SSSR count). The SMILES string of the molecule is N#Cc1ccc(Cl)cc1NC(=O)N1CCC(CC(=O)O)C1. The summed E-state index contributed by atoms with van der Waals surface area (Å²) in [7, 11) is 0. The van der Waals surface area contributed by atoms with Crippen molar-refractivity contribution in [3.8, 4) is 6.07 Å². The summed E-state index contributed by atoms with van der Waals surface area (Å²) in [5.74, 6) is -0.882. The van der Waals surface area contributed by atoms with Crippen LogP contribution in [-0.2, 0) is 4.79 Å². The molecule has 0 radical (unpaired) electrons. The Labute approximate surface area is 126 Å². The summed E-state index contributed by atoms with van der Waals surface area (Å²) in [6.45, 7) is 0.910. The van der Waals surface area contributed by atoms with E-state index in [1.165, 1.54) is 12.1 Å². The number of nitriles is 1. The van der Waals surface area contributed by atoms with Crippen molar-refractivity contribution in [1.29, 1.82) is 5.26 Å². The number of anilines is 1. The molecule has 1 saturated heterocycles. The van der Waals surface area contributed by atoms with Gasteiger partial charge in [0.25, 0.3) is 0 Å². The van der Waals surface area contributed by atoms with Gasteiger partial charge in [0.05, 0.1) is 11.3 Å². The molecule has 7 heteroatoms. The summed E-state index contributed by atoms with van der Waals surface area (Å²) in [5.41, 5.74) is 0.686. The maximum Gasteiger partial charge on any atom is 0.321 e. The lowest BCUT2D eigenvalue weighted by Gasteiger charge is -2.17. The lowest BCUT2D eigenvalue weighted by Crippen LogP contribution is -2.33. The minimum Gasteiger partial charge on any atom is -0.481 e. The fourth-order valence-electron chi connectivity index (χ4n) is 2.34. The highest BCUT2D eigenvalue weighted by atomic mass is 35.5. The highest BCUT2D eigenvalue weighted by Gasteiger charge is 2.28. The van der Waals surface area contributed by atoms with Crippen LogP contribution >= 0.6 is 11.6 Å². The number of carboxylic acids is 1. The molecule has 2 N–H and O–H groups in total. The summed E-state index contributed by atoms with van der Waals surface area (Å²) in [5, 5.41) is 20.8. The van der Waals surface area contributed by atoms with Gasteiger partial charge in [-0.3, -0.25) is 4.79 Å². The van der Waals surface area contributed by atoms with E-state index in [-0.39, 0.29) is 18.4 Å². The Bertz CT molecular complexity index is 612. The van der Waals surface area contributed by atoms with Gasteiger partial charge < -0.3 is 15.3 Å². The zero-order valence-electron chi connectivity index (χ0n) is 11.2. The van der Waals surface area contributed by atoms with Gasteiger partial charge in [0.2, 0.25) is 0 Å². The molecule has 0 saturated carbocycles.